The number of para-hydroxylation sites is 1. The maximum Gasteiger partial charge on any atom is 0.266 e. The van der Waals surface area contributed by atoms with Crippen molar-refractivity contribution in [2.75, 3.05) is 13.2 Å². The van der Waals surface area contributed by atoms with E-state index in [1.807, 2.05) is 65.6 Å². The summed E-state index contributed by atoms with van der Waals surface area (Å²) in [6.45, 7) is 0.948. The normalized spacial score (nSPS) is 18.8. The Morgan fingerprint density at radius 3 is 2.23 bits per heavy atom. The second-order valence-corrected chi connectivity index (χ2v) is 9.10. The molecule has 1 saturated carbocycles. The molecule has 2 aliphatic rings. The van der Waals surface area contributed by atoms with Crippen molar-refractivity contribution in [3.8, 4) is 11.5 Å². The maximum absolute atomic E-state index is 12.9. The number of hydrogen-bond acceptors (Lipinski definition) is 5. The molecular formula is C24H25NO3S2. The zero-order valence-electron chi connectivity index (χ0n) is 16.8. The highest BCUT2D eigenvalue weighted by Gasteiger charge is 2.37. The van der Waals surface area contributed by atoms with Gasteiger partial charge in [0.15, 0.2) is 0 Å². The Morgan fingerprint density at radius 2 is 1.57 bits per heavy atom. The predicted octanol–water partition coefficient (Wildman–Crippen LogP) is 5.68. The van der Waals surface area contributed by atoms with Gasteiger partial charge in [-0.3, -0.25) is 9.69 Å². The van der Waals surface area contributed by atoms with Crippen molar-refractivity contribution in [2.45, 2.75) is 38.1 Å². The average molecular weight is 440 g/mol. The minimum Gasteiger partial charge on any atom is -0.490 e. The van der Waals surface area contributed by atoms with Crippen LogP contribution in [0.15, 0.2) is 59.5 Å². The van der Waals surface area contributed by atoms with Gasteiger partial charge in [-0.1, -0.05) is 73.6 Å². The van der Waals surface area contributed by atoms with Crippen LogP contribution in [0, 0.1) is 0 Å². The number of hydrogen-bond donors (Lipinski definition) is 0. The molecule has 2 fully saturated rings. The van der Waals surface area contributed by atoms with Gasteiger partial charge in [0.1, 0.15) is 29.0 Å². The molecule has 1 aliphatic heterocycles. The fourth-order valence-corrected chi connectivity index (χ4v) is 5.18. The Hall–Kier alpha value is -2.31. The predicted molar refractivity (Wildman–Crippen MR) is 126 cm³/mol. The topological polar surface area (TPSA) is 38.8 Å². The monoisotopic (exact) mass is 439 g/mol. The van der Waals surface area contributed by atoms with Crippen molar-refractivity contribution in [3.63, 3.8) is 0 Å². The van der Waals surface area contributed by atoms with Crippen LogP contribution in [0.1, 0.15) is 37.7 Å². The van der Waals surface area contributed by atoms with Crippen LogP contribution < -0.4 is 9.47 Å². The molecule has 1 aliphatic carbocycles. The van der Waals surface area contributed by atoms with E-state index < -0.39 is 0 Å². The number of nitrogens with zero attached hydrogens (tertiary/aromatic N) is 1. The minimum absolute atomic E-state index is 0.0512. The summed E-state index contributed by atoms with van der Waals surface area (Å²) in [7, 11) is 0. The fraction of sp³-hybridized carbons (Fsp3) is 0.333. The molecule has 30 heavy (non-hydrogen) atoms. The van der Waals surface area contributed by atoms with Gasteiger partial charge in [-0.05, 0) is 48.7 Å². The lowest BCUT2D eigenvalue weighted by Gasteiger charge is -2.29. The number of carbonyl (C=O) groups is 1. The first-order chi connectivity index (χ1) is 14.7. The Bertz CT molecular complexity index is 906. The van der Waals surface area contributed by atoms with Gasteiger partial charge in [-0.25, -0.2) is 0 Å². The Labute approximate surface area is 187 Å². The molecule has 4 rings (SSSR count). The van der Waals surface area contributed by atoms with Crippen LogP contribution in [0.5, 0.6) is 11.5 Å². The molecule has 156 valence electrons. The molecule has 0 aromatic heterocycles. The lowest BCUT2D eigenvalue weighted by Crippen LogP contribution is -2.39. The highest BCUT2D eigenvalue weighted by Crippen LogP contribution is 2.37. The first kappa shape index (κ1) is 20.9. The average Bonchev–Trinajstić information content (AvgIpc) is 3.06. The molecule has 1 amide bonds. The number of ether oxygens (including phenoxy) is 2. The molecule has 0 N–H and O–H groups in total. The molecule has 1 saturated heterocycles. The molecule has 2 aromatic rings. The third kappa shape index (κ3) is 5.24. The highest BCUT2D eigenvalue weighted by atomic mass is 32.2. The van der Waals surface area contributed by atoms with Crippen LogP contribution in [0.4, 0.5) is 0 Å². The van der Waals surface area contributed by atoms with Crippen molar-refractivity contribution in [1.82, 2.24) is 4.90 Å². The number of carbonyl (C=O) groups excluding carboxylic acids is 1. The summed E-state index contributed by atoms with van der Waals surface area (Å²) in [5.74, 6) is 1.66. The van der Waals surface area contributed by atoms with Gasteiger partial charge in [-0.15, -0.1) is 0 Å². The van der Waals surface area contributed by atoms with Crippen LogP contribution in [0.2, 0.25) is 0 Å². The van der Waals surface area contributed by atoms with Crippen molar-refractivity contribution in [2.24, 2.45) is 0 Å². The van der Waals surface area contributed by atoms with Crippen LogP contribution >= 0.6 is 24.0 Å². The van der Waals surface area contributed by atoms with E-state index in [4.69, 9.17) is 21.7 Å². The Kier molecular flexibility index (Phi) is 7.07. The van der Waals surface area contributed by atoms with Crippen LogP contribution in [-0.4, -0.2) is 34.4 Å². The molecule has 6 heteroatoms. The molecule has 0 atom stereocenters. The number of thiocarbonyl (C=S) groups is 1. The summed E-state index contributed by atoms with van der Waals surface area (Å²) in [5.41, 5.74) is 0.965. The molecule has 0 unspecified atom stereocenters. The van der Waals surface area contributed by atoms with Crippen molar-refractivity contribution < 1.29 is 14.3 Å². The standard InChI is InChI=1S/C24H25NO3S2/c26-23-22(30-24(29)25(23)19-7-3-1-4-8-19)17-18-11-13-21(14-12-18)28-16-15-27-20-9-5-2-6-10-20/h2,5-6,9-14,17,19H,1,3-4,7-8,15-16H2/b22-17-. The largest absolute Gasteiger partial charge is 0.490 e. The highest BCUT2D eigenvalue weighted by molar-refractivity contribution is 8.26. The van der Waals surface area contributed by atoms with E-state index in [2.05, 4.69) is 0 Å². The van der Waals surface area contributed by atoms with E-state index in [-0.39, 0.29) is 11.9 Å². The van der Waals surface area contributed by atoms with Crippen molar-refractivity contribution in [3.05, 3.63) is 65.1 Å². The van der Waals surface area contributed by atoms with Crippen LogP contribution in [0.25, 0.3) is 6.08 Å². The summed E-state index contributed by atoms with van der Waals surface area (Å²) in [6.07, 6.45) is 7.65. The zero-order chi connectivity index (χ0) is 20.8. The third-order valence-corrected chi connectivity index (χ3v) is 6.64. The molecular weight excluding hydrogens is 414 g/mol. The summed E-state index contributed by atoms with van der Waals surface area (Å²) >= 11 is 6.91. The van der Waals surface area contributed by atoms with E-state index in [9.17, 15) is 4.79 Å². The number of rotatable bonds is 7. The van der Waals surface area contributed by atoms with Crippen molar-refractivity contribution >= 4 is 40.3 Å². The number of thioether (sulfide) groups is 1. The summed E-state index contributed by atoms with van der Waals surface area (Å²) in [5, 5.41) is 0. The van der Waals surface area contributed by atoms with Gasteiger partial charge in [0, 0.05) is 6.04 Å². The second kappa shape index (κ2) is 10.1. The molecule has 1 heterocycles. The Balaban J connectivity index is 1.31. The van der Waals surface area contributed by atoms with E-state index in [0.717, 1.165) is 29.9 Å². The van der Waals surface area contributed by atoms with Gasteiger partial charge in [0.2, 0.25) is 0 Å². The van der Waals surface area contributed by atoms with E-state index in [0.29, 0.717) is 22.4 Å². The number of amides is 1. The second-order valence-electron chi connectivity index (χ2n) is 7.42. The molecule has 4 nitrogen and oxygen atoms in total. The summed E-state index contributed by atoms with van der Waals surface area (Å²) in [4.78, 5) is 15.4. The lowest BCUT2D eigenvalue weighted by atomic mass is 9.94. The summed E-state index contributed by atoms with van der Waals surface area (Å²) < 4.78 is 12.1. The fourth-order valence-electron chi connectivity index (χ4n) is 3.78. The van der Waals surface area contributed by atoms with Gasteiger partial charge < -0.3 is 9.47 Å². The van der Waals surface area contributed by atoms with E-state index in [1.165, 1.54) is 31.0 Å². The van der Waals surface area contributed by atoms with Crippen LogP contribution in [0.3, 0.4) is 0 Å². The van der Waals surface area contributed by atoms with Gasteiger partial charge in [-0.2, -0.15) is 0 Å². The molecule has 0 radical (unpaired) electrons. The van der Waals surface area contributed by atoms with Gasteiger partial charge in [0.05, 0.1) is 4.91 Å². The maximum atomic E-state index is 12.9. The first-order valence-electron chi connectivity index (χ1n) is 10.4. The van der Waals surface area contributed by atoms with Gasteiger partial charge >= 0.3 is 0 Å². The minimum atomic E-state index is 0.0512. The van der Waals surface area contributed by atoms with E-state index >= 15 is 0 Å². The van der Waals surface area contributed by atoms with Crippen molar-refractivity contribution in [1.29, 1.82) is 0 Å². The van der Waals surface area contributed by atoms with Gasteiger partial charge in [0.25, 0.3) is 5.91 Å². The third-order valence-electron chi connectivity index (χ3n) is 5.31. The molecule has 0 bridgehead atoms. The quantitative estimate of drug-likeness (QED) is 0.315. The van der Waals surface area contributed by atoms with E-state index in [1.54, 1.807) is 0 Å². The molecule has 2 aromatic carbocycles. The Morgan fingerprint density at radius 1 is 0.933 bits per heavy atom. The number of benzene rings is 2. The summed E-state index contributed by atoms with van der Waals surface area (Å²) in [6, 6.07) is 17.7. The smallest absolute Gasteiger partial charge is 0.266 e. The molecule has 0 spiro atoms. The SMILES string of the molecule is O=C1/C(=C/c2ccc(OCCOc3ccccc3)cc2)SC(=S)N1C1CCCCC1. The first-order valence-corrected chi connectivity index (χ1v) is 11.6. The zero-order valence-corrected chi connectivity index (χ0v) is 18.4. The van der Waals surface area contributed by atoms with Crippen LogP contribution in [-0.2, 0) is 4.79 Å². The lowest BCUT2D eigenvalue weighted by molar-refractivity contribution is -0.124.